The molecule has 6 aromatic rings. The predicted molar refractivity (Wildman–Crippen MR) is 299 cm³/mol. The van der Waals surface area contributed by atoms with E-state index in [-0.39, 0.29) is 21.6 Å². The molecule has 0 fully saturated rings. The lowest BCUT2D eigenvalue weighted by Gasteiger charge is -2.31. The summed E-state index contributed by atoms with van der Waals surface area (Å²) in [5.41, 5.74) is 5.62. The number of benzene rings is 4. The zero-order chi connectivity index (χ0) is 50.8. The van der Waals surface area contributed by atoms with Crippen LogP contribution in [0.1, 0.15) is 92.8 Å². The smallest absolute Gasteiger partial charge is 0.186 e. The van der Waals surface area contributed by atoms with Crippen LogP contribution < -0.4 is 0 Å². The monoisotopic (exact) mass is 1040 g/mol. The zero-order valence-corrected chi connectivity index (χ0v) is 46.0. The zero-order valence-electron chi connectivity index (χ0n) is 41.3. The third-order valence-electron chi connectivity index (χ3n) is 12.2. The van der Waals surface area contributed by atoms with Gasteiger partial charge in [0.1, 0.15) is 22.8 Å². The summed E-state index contributed by atoms with van der Waals surface area (Å²) in [7, 11) is 0. The molecule has 0 radical (unpaired) electrons. The van der Waals surface area contributed by atoms with Crippen LogP contribution in [0.4, 0.5) is 11.4 Å². The van der Waals surface area contributed by atoms with E-state index < -0.39 is 21.7 Å². The van der Waals surface area contributed by atoms with Crippen LogP contribution in [0.2, 0.25) is 20.1 Å². The summed E-state index contributed by atoms with van der Waals surface area (Å²) >= 11 is 31.4. The van der Waals surface area contributed by atoms with Gasteiger partial charge in [0.25, 0.3) is 0 Å². The Morgan fingerprint density at radius 2 is 0.743 bits per heavy atom. The molecule has 0 atom stereocenters. The van der Waals surface area contributed by atoms with E-state index in [9.17, 15) is 9.59 Å². The van der Waals surface area contributed by atoms with Crippen molar-refractivity contribution in [2.24, 2.45) is 42.1 Å². The number of ketones is 2. The van der Waals surface area contributed by atoms with E-state index in [1.54, 1.807) is 46.9 Å². The molecule has 0 spiro atoms. The van der Waals surface area contributed by atoms with Crippen molar-refractivity contribution < 1.29 is 9.59 Å². The van der Waals surface area contributed by atoms with Crippen LogP contribution >= 0.6 is 69.1 Å². The number of fused-ring (bicyclic) bond motifs is 2. The van der Waals surface area contributed by atoms with Gasteiger partial charge < -0.3 is 0 Å². The van der Waals surface area contributed by atoms with Gasteiger partial charge in [-0.1, -0.05) is 166 Å². The molecule has 0 N–H and O–H groups in total. The van der Waals surface area contributed by atoms with Gasteiger partial charge in [-0.15, -0.1) is 43.1 Å². The number of hydrogen-bond donors (Lipinski definition) is 0. The molecule has 0 aliphatic heterocycles. The molecule has 2 aliphatic carbocycles. The molecule has 0 amide bonds. The second-order valence-corrected chi connectivity index (χ2v) is 25.6. The van der Waals surface area contributed by atoms with Gasteiger partial charge in [-0.2, -0.15) is 0 Å². The minimum atomic E-state index is -0.423. The first kappa shape index (κ1) is 51.3. The van der Waals surface area contributed by atoms with E-state index in [0.717, 1.165) is 41.1 Å². The van der Waals surface area contributed by atoms with Gasteiger partial charge in [-0.05, 0) is 105 Å². The molecule has 358 valence electrons. The van der Waals surface area contributed by atoms with E-state index in [4.69, 9.17) is 66.9 Å². The second-order valence-electron chi connectivity index (χ2n) is 21.8. The van der Waals surface area contributed by atoms with Crippen molar-refractivity contribution in [2.75, 3.05) is 0 Å². The molecule has 0 saturated carbocycles. The van der Waals surface area contributed by atoms with Crippen LogP contribution in [0.5, 0.6) is 0 Å². The second kappa shape index (κ2) is 19.2. The van der Waals surface area contributed by atoms with E-state index in [1.165, 1.54) is 0 Å². The highest BCUT2D eigenvalue weighted by Crippen LogP contribution is 2.47. The molecule has 2 heterocycles. The summed E-state index contributed by atoms with van der Waals surface area (Å²) in [5, 5.41) is 22.6. The number of hydrogen-bond acceptors (Lipinski definition) is 8. The molecule has 70 heavy (non-hydrogen) atoms. The van der Waals surface area contributed by atoms with Crippen LogP contribution in [-0.2, 0) is 9.59 Å². The predicted octanol–water partition coefficient (Wildman–Crippen LogP) is 20.4. The number of carbonyl (C=O) groups is 2. The fourth-order valence-corrected chi connectivity index (χ4v) is 11.4. The van der Waals surface area contributed by atoms with Gasteiger partial charge in [0.05, 0.1) is 29.8 Å². The van der Waals surface area contributed by atoms with Crippen LogP contribution in [0.3, 0.4) is 0 Å². The Balaban J connectivity index is 1.20. The van der Waals surface area contributed by atoms with Crippen molar-refractivity contribution in [1.29, 1.82) is 0 Å². The maximum atomic E-state index is 13.9. The Bertz CT molecular complexity index is 3070. The number of nitrogens with zero attached hydrogens (tertiary/aromatic N) is 4. The maximum Gasteiger partial charge on any atom is 0.186 e. The Labute approximate surface area is 438 Å². The third kappa shape index (κ3) is 10.6. The number of rotatable bonds is 7. The third-order valence-corrected chi connectivity index (χ3v) is 15.6. The number of thiophene rings is 2. The van der Waals surface area contributed by atoms with Gasteiger partial charge in [0.15, 0.2) is 11.6 Å². The summed E-state index contributed by atoms with van der Waals surface area (Å²) < 4.78 is 2.20. The van der Waals surface area contributed by atoms with Crippen molar-refractivity contribution in [1.82, 2.24) is 0 Å². The number of halogens is 4. The van der Waals surface area contributed by atoms with E-state index in [0.29, 0.717) is 66.2 Å². The molecule has 0 saturated heterocycles. The lowest BCUT2D eigenvalue weighted by Crippen LogP contribution is -2.28. The topological polar surface area (TPSA) is 83.6 Å². The highest BCUT2D eigenvalue weighted by molar-refractivity contribution is 7.20. The molecule has 12 heteroatoms. The molecule has 2 aromatic heterocycles. The van der Waals surface area contributed by atoms with Crippen molar-refractivity contribution >= 4 is 124 Å². The SMILES string of the molecule is CC(C)(C)C1=CC(=C(/N=N/c2cc(Cl)c(-c3cc(Cl)c(/N=N/C(=C4C=C(C(C)(C)C)C(=O)C(C(C)(C)C)=C4)c4cc5ccccc5s4)cc3Cl)cc2Cl)c2cc3ccccc3s2)C=C(C(C)(C)C)C1=O. The molecular formula is C58H54Cl4N4O2S2. The highest BCUT2D eigenvalue weighted by Gasteiger charge is 2.36. The Hall–Kier alpha value is -5.06. The lowest BCUT2D eigenvalue weighted by molar-refractivity contribution is -0.114. The quantitative estimate of drug-likeness (QED) is 0.149. The van der Waals surface area contributed by atoms with Gasteiger partial charge in [-0.25, -0.2) is 0 Å². The Kier molecular flexibility index (Phi) is 14.1. The number of allylic oxidation sites excluding steroid dienone is 10. The van der Waals surface area contributed by atoms with Gasteiger partial charge in [-0.3, -0.25) is 9.59 Å². The fourth-order valence-electron chi connectivity index (χ4n) is 8.30. The standard InChI is InChI=1S/C58H54Cl4N4O2S2/c1-55(2,3)37-21-33(22-38(53(37)67)56(4,5)6)51(49-25-31-17-13-15-19-47(31)69-49)65-63-45-29-41(59)35(27-43(45)61)36-28-44(62)46(30-42(36)60)64-66-52(50-26-32-18-14-16-20-48(32)70-50)34-23-39(57(7,8)9)54(68)40(24-34)58(10,11)12/h13-30H,1-12H3/b65-63+,66-64+. The largest absolute Gasteiger partial charge is 0.289 e. The minimum Gasteiger partial charge on any atom is -0.289 e. The van der Waals surface area contributed by atoms with Crippen molar-refractivity contribution in [3.8, 4) is 11.1 Å². The van der Waals surface area contributed by atoms with Crippen LogP contribution in [-0.4, -0.2) is 11.6 Å². The molecule has 2 aliphatic rings. The molecule has 6 nitrogen and oxygen atoms in total. The molecule has 8 rings (SSSR count). The summed E-state index contributed by atoms with van der Waals surface area (Å²) in [5.74, 6) is 0.0618. The van der Waals surface area contributed by atoms with Gasteiger partial charge >= 0.3 is 0 Å². The van der Waals surface area contributed by atoms with E-state index >= 15 is 0 Å². The summed E-state index contributed by atoms with van der Waals surface area (Å²) in [6, 6.07) is 27.2. The first-order chi connectivity index (χ1) is 32.7. The van der Waals surface area contributed by atoms with Crippen LogP contribution in [0, 0.1) is 21.7 Å². The van der Waals surface area contributed by atoms with E-state index in [2.05, 4.69) is 36.4 Å². The lowest BCUT2D eigenvalue weighted by atomic mass is 9.71. The molecule has 0 bridgehead atoms. The first-order valence-electron chi connectivity index (χ1n) is 23.0. The molecule has 0 unspecified atom stereocenters. The van der Waals surface area contributed by atoms with Crippen molar-refractivity contribution in [2.45, 2.75) is 83.1 Å². The average Bonchev–Trinajstić information content (AvgIpc) is 3.90. The van der Waals surface area contributed by atoms with Crippen LogP contribution in [0.15, 0.2) is 163 Å². The summed E-state index contributed by atoms with van der Waals surface area (Å²) in [4.78, 5) is 29.7. The van der Waals surface area contributed by atoms with E-state index in [1.807, 2.05) is 132 Å². The van der Waals surface area contributed by atoms with Crippen molar-refractivity contribution in [3.63, 3.8) is 0 Å². The summed E-state index contributed by atoms with van der Waals surface area (Å²) in [6.45, 7) is 24.6. The van der Waals surface area contributed by atoms with Gasteiger partial charge in [0.2, 0.25) is 0 Å². The maximum absolute atomic E-state index is 13.9. The normalized spacial score (nSPS) is 15.4. The fraction of sp³-hybridized carbons (Fsp3) is 0.276. The average molecular weight is 1050 g/mol. The number of Topliss-reactive ketones (excluding diaryl/α,β-unsaturated/α-hetero) is 2. The minimum absolute atomic E-state index is 0.0309. The number of azo groups is 2. The molecular weight excluding hydrogens is 991 g/mol. The highest BCUT2D eigenvalue weighted by atomic mass is 35.5. The van der Waals surface area contributed by atoms with Gasteiger partial charge in [0, 0.05) is 54.0 Å². The Morgan fingerprint density at radius 3 is 1.04 bits per heavy atom. The summed E-state index contributed by atoms with van der Waals surface area (Å²) in [6.07, 6.45) is 7.79. The Morgan fingerprint density at radius 1 is 0.429 bits per heavy atom. The molecule has 4 aromatic carbocycles. The van der Waals surface area contributed by atoms with Crippen LogP contribution in [0.25, 0.3) is 42.7 Å². The number of carbonyl (C=O) groups excluding carboxylic acids is 2. The van der Waals surface area contributed by atoms with Crippen molar-refractivity contribution in [3.05, 3.63) is 173 Å². The first-order valence-corrected chi connectivity index (χ1v) is 26.1.